The Morgan fingerprint density at radius 3 is 2.68 bits per heavy atom. The number of rotatable bonds is 4. The maximum Gasteiger partial charge on any atom is 0.217 e. The van der Waals surface area contributed by atoms with Crippen LogP contribution in [0.5, 0.6) is 0 Å². The molecule has 2 fully saturated rings. The van der Waals surface area contributed by atoms with Crippen LogP contribution in [-0.4, -0.2) is 36.5 Å². The Hall–Kier alpha value is -1.14. The topological polar surface area (TPSA) is 62.3 Å². The van der Waals surface area contributed by atoms with Crippen molar-refractivity contribution >= 4 is 15.8 Å². The maximum atomic E-state index is 13.0. The summed E-state index contributed by atoms with van der Waals surface area (Å²) in [7, 11) is -1.36. The minimum absolute atomic E-state index is 0.0259. The third-order valence-electron chi connectivity index (χ3n) is 4.93. The molecule has 0 radical (unpaired) electrons. The van der Waals surface area contributed by atoms with E-state index in [9.17, 15) is 8.42 Å². The Bertz CT molecular complexity index is 612. The third kappa shape index (κ3) is 2.99. The zero-order valence-electron chi connectivity index (χ0n) is 13.2. The zero-order valence-corrected chi connectivity index (χ0v) is 14.0. The first-order valence-electron chi connectivity index (χ1n) is 8.27. The van der Waals surface area contributed by atoms with Crippen LogP contribution in [0, 0.1) is 0 Å². The Balaban J connectivity index is 1.85. The lowest BCUT2D eigenvalue weighted by atomic mass is 10.0. The van der Waals surface area contributed by atoms with Crippen LogP contribution in [0.15, 0.2) is 18.3 Å². The number of anilines is 1. The van der Waals surface area contributed by atoms with Crippen LogP contribution in [-0.2, 0) is 10.0 Å². The number of pyridine rings is 1. The van der Waals surface area contributed by atoms with Gasteiger partial charge >= 0.3 is 0 Å². The standard InChI is InChI=1S/C16H25N3O2S/c1-17-16-12-13(9-10-18-16)15-8-5-11-19(15)22(20,21)14-6-3-2-4-7-14/h9-10,12,14-15H,2-8,11H2,1H3,(H,17,18)/t15-/m1/s1. The van der Waals surface area contributed by atoms with Gasteiger partial charge < -0.3 is 5.32 Å². The monoisotopic (exact) mass is 323 g/mol. The molecular weight excluding hydrogens is 298 g/mol. The molecule has 2 heterocycles. The Kier molecular flexibility index (Phi) is 4.68. The highest BCUT2D eigenvalue weighted by Gasteiger charge is 2.40. The van der Waals surface area contributed by atoms with Gasteiger partial charge in [0, 0.05) is 25.8 Å². The van der Waals surface area contributed by atoms with Crippen molar-refractivity contribution in [2.75, 3.05) is 18.9 Å². The summed E-state index contributed by atoms with van der Waals surface area (Å²) in [5, 5.41) is 2.86. The largest absolute Gasteiger partial charge is 0.373 e. The zero-order chi connectivity index (χ0) is 15.6. The number of aromatic nitrogens is 1. The second kappa shape index (κ2) is 6.54. The van der Waals surface area contributed by atoms with Crippen molar-refractivity contribution < 1.29 is 8.42 Å². The molecule has 122 valence electrons. The van der Waals surface area contributed by atoms with Gasteiger partial charge in [-0.25, -0.2) is 13.4 Å². The number of hydrogen-bond acceptors (Lipinski definition) is 4. The number of sulfonamides is 1. The van der Waals surface area contributed by atoms with Crippen molar-refractivity contribution in [2.45, 2.75) is 56.2 Å². The van der Waals surface area contributed by atoms with E-state index in [4.69, 9.17) is 0 Å². The predicted octanol–water partition coefficient (Wildman–Crippen LogP) is 2.92. The van der Waals surface area contributed by atoms with Gasteiger partial charge in [0.15, 0.2) is 0 Å². The van der Waals surface area contributed by atoms with E-state index in [1.165, 1.54) is 6.42 Å². The van der Waals surface area contributed by atoms with E-state index in [0.717, 1.165) is 49.9 Å². The molecular formula is C16H25N3O2S. The van der Waals surface area contributed by atoms with Gasteiger partial charge in [0.1, 0.15) is 5.82 Å². The fraction of sp³-hybridized carbons (Fsp3) is 0.688. The van der Waals surface area contributed by atoms with Gasteiger partial charge in [0.2, 0.25) is 10.0 Å². The molecule has 1 aromatic rings. The van der Waals surface area contributed by atoms with Gasteiger partial charge in [0.05, 0.1) is 5.25 Å². The molecule has 0 bridgehead atoms. The number of nitrogens with one attached hydrogen (secondary N) is 1. The summed E-state index contributed by atoms with van der Waals surface area (Å²) in [6.07, 6.45) is 8.50. The van der Waals surface area contributed by atoms with E-state index in [2.05, 4.69) is 10.3 Å². The minimum atomic E-state index is -3.19. The lowest BCUT2D eigenvalue weighted by Gasteiger charge is -2.31. The molecule has 0 unspecified atom stereocenters. The van der Waals surface area contributed by atoms with Crippen molar-refractivity contribution in [1.29, 1.82) is 0 Å². The Morgan fingerprint density at radius 2 is 1.95 bits per heavy atom. The van der Waals surface area contributed by atoms with Crippen LogP contribution in [0.4, 0.5) is 5.82 Å². The van der Waals surface area contributed by atoms with Crippen molar-refractivity contribution in [3.63, 3.8) is 0 Å². The minimum Gasteiger partial charge on any atom is -0.373 e. The van der Waals surface area contributed by atoms with E-state index in [1.807, 2.05) is 19.2 Å². The molecule has 1 aromatic heterocycles. The molecule has 1 N–H and O–H groups in total. The SMILES string of the molecule is CNc1cc([C@H]2CCCN2S(=O)(=O)C2CCCCC2)ccn1. The molecule has 1 saturated heterocycles. The third-order valence-corrected chi connectivity index (χ3v) is 7.33. The molecule has 1 atom stereocenters. The number of hydrogen-bond donors (Lipinski definition) is 1. The summed E-state index contributed by atoms with van der Waals surface area (Å²) in [6, 6.07) is 3.89. The smallest absolute Gasteiger partial charge is 0.217 e. The average molecular weight is 323 g/mol. The van der Waals surface area contributed by atoms with Gasteiger partial charge in [-0.05, 0) is 43.4 Å². The van der Waals surface area contributed by atoms with Gasteiger partial charge in [0.25, 0.3) is 0 Å². The first-order valence-corrected chi connectivity index (χ1v) is 9.77. The molecule has 6 heteroatoms. The van der Waals surface area contributed by atoms with Crippen LogP contribution in [0.25, 0.3) is 0 Å². The van der Waals surface area contributed by atoms with Crippen LogP contribution in [0.2, 0.25) is 0 Å². The summed E-state index contributed by atoms with van der Waals surface area (Å²) in [5.41, 5.74) is 1.05. The fourth-order valence-corrected chi connectivity index (χ4v) is 6.00. The highest BCUT2D eigenvalue weighted by molar-refractivity contribution is 7.89. The summed E-state index contributed by atoms with van der Waals surface area (Å²) in [5.74, 6) is 0.791. The van der Waals surface area contributed by atoms with Crippen molar-refractivity contribution in [3.8, 4) is 0 Å². The van der Waals surface area contributed by atoms with Gasteiger partial charge in [-0.15, -0.1) is 0 Å². The number of nitrogens with zero attached hydrogens (tertiary/aromatic N) is 2. The van der Waals surface area contributed by atoms with Gasteiger partial charge in [-0.1, -0.05) is 19.3 Å². The molecule has 0 spiro atoms. The van der Waals surface area contributed by atoms with E-state index < -0.39 is 10.0 Å². The van der Waals surface area contributed by atoms with Gasteiger partial charge in [-0.2, -0.15) is 4.31 Å². The van der Waals surface area contributed by atoms with E-state index in [0.29, 0.717) is 6.54 Å². The molecule has 1 saturated carbocycles. The lowest BCUT2D eigenvalue weighted by Crippen LogP contribution is -2.39. The van der Waals surface area contributed by atoms with Crippen molar-refractivity contribution in [2.24, 2.45) is 0 Å². The van der Waals surface area contributed by atoms with Crippen LogP contribution >= 0.6 is 0 Å². The second-order valence-corrected chi connectivity index (χ2v) is 8.46. The van der Waals surface area contributed by atoms with E-state index >= 15 is 0 Å². The van der Waals surface area contributed by atoms with Crippen LogP contribution in [0.3, 0.4) is 0 Å². The molecule has 0 amide bonds. The lowest BCUT2D eigenvalue weighted by molar-refractivity contribution is 0.375. The van der Waals surface area contributed by atoms with Crippen LogP contribution in [0.1, 0.15) is 56.6 Å². The average Bonchev–Trinajstić information content (AvgIpc) is 3.06. The fourth-order valence-electron chi connectivity index (χ4n) is 3.72. The first-order chi connectivity index (χ1) is 10.6. The normalized spacial score (nSPS) is 24.5. The predicted molar refractivity (Wildman–Crippen MR) is 88.3 cm³/mol. The molecule has 0 aromatic carbocycles. The molecule has 1 aliphatic heterocycles. The summed E-state index contributed by atoms with van der Waals surface area (Å²) in [6.45, 7) is 0.653. The highest BCUT2D eigenvalue weighted by Crippen LogP contribution is 2.38. The molecule has 2 aliphatic rings. The van der Waals surface area contributed by atoms with Crippen LogP contribution < -0.4 is 5.32 Å². The Morgan fingerprint density at radius 1 is 1.18 bits per heavy atom. The quantitative estimate of drug-likeness (QED) is 0.925. The molecule has 5 nitrogen and oxygen atoms in total. The molecule has 22 heavy (non-hydrogen) atoms. The van der Waals surface area contributed by atoms with E-state index in [-0.39, 0.29) is 11.3 Å². The summed E-state index contributed by atoms with van der Waals surface area (Å²) < 4.78 is 27.8. The van der Waals surface area contributed by atoms with Crippen molar-refractivity contribution in [3.05, 3.63) is 23.9 Å². The van der Waals surface area contributed by atoms with E-state index in [1.54, 1.807) is 10.5 Å². The highest BCUT2D eigenvalue weighted by atomic mass is 32.2. The maximum absolute atomic E-state index is 13.0. The van der Waals surface area contributed by atoms with Gasteiger partial charge in [-0.3, -0.25) is 0 Å². The first kappa shape index (κ1) is 15.7. The molecule has 3 rings (SSSR count). The summed E-state index contributed by atoms with van der Waals surface area (Å²) >= 11 is 0. The van der Waals surface area contributed by atoms with Crippen molar-refractivity contribution in [1.82, 2.24) is 9.29 Å². The summed E-state index contributed by atoms with van der Waals surface area (Å²) in [4.78, 5) is 4.23. The second-order valence-electron chi connectivity index (χ2n) is 6.30. The Labute approximate surface area is 133 Å². The molecule has 1 aliphatic carbocycles.